The van der Waals surface area contributed by atoms with E-state index >= 15 is 0 Å². The Morgan fingerprint density at radius 3 is 2.60 bits per heavy atom. The number of hydrogen-bond acceptors (Lipinski definition) is 6. The summed E-state index contributed by atoms with van der Waals surface area (Å²) in [7, 11) is 0. The fourth-order valence-electron chi connectivity index (χ4n) is 4.95. The summed E-state index contributed by atoms with van der Waals surface area (Å²) in [6, 6.07) is 8.94. The number of nitrogens with zero attached hydrogens (tertiary/aromatic N) is 4. The minimum Gasteiger partial charge on any atom is -0.484 e. The first-order valence-electron chi connectivity index (χ1n) is 11.8. The lowest BCUT2D eigenvalue weighted by Crippen LogP contribution is -2.50. The highest BCUT2D eigenvalue weighted by Gasteiger charge is 2.47. The van der Waals surface area contributed by atoms with Gasteiger partial charge in [-0.05, 0) is 48.2 Å². The maximum Gasteiger partial charge on any atom is 0.422 e. The monoisotopic (exact) mass is 564 g/mol. The van der Waals surface area contributed by atoms with E-state index in [1.165, 1.54) is 30.5 Å². The van der Waals surface area contributed by atoms with Gasteiger partial charge in [0.15, 0.2) is 12.4 Å². The van der Waals surface area contributed by atoms with Crippen molar-refractivity contribution in [2.75, 3.05) is 13.2 Å². The number of aromatic nitrogens is 3. The number of amides is 2. The molecule has 0 fully saturated rings. The number of alkyl halides is 6. The number of carbonyl (C=O) groups excluding carboxylic acids is 2. The molecule has 2 N–H and O–H groups in total. The Morgan fingerprint density at radius 1 is 1.18 bits per heavy atom. The molecule has 1 aliphatic carbocycles. The van der Waals surface area contributed by atoms with Gasteiger partial charge in [0.2, 0.25) is 0 Å². The van der Waals surface area contributed by atoms with Crippen molar-refractivity contribution in [2.24, 2.45) is 0 Å². The Labute approximate surface area is 221 Å². The van der Waals surface area contributed by atoms with Crippen LogP contribution in [-0.2, 0) is 18.4 Å². The zero-order valence-corrected chi connectivity index (χ0v) is 20.3. The number of fused-ring (bicyclic) bond motifs is 3. The van der Waals surface area contributed by atoms with E-state index in [1.807, 2.05) is 6.07 Å². The Morgan fingerprint density at radius 2 is 1.95 bits per heavy atom. The smallest absolute Gasteiger partial charge is 0.422 e. The van der Waals surface area contributed by atoms with E-state index in [1.54, 1.807) is 11.4 Å². The van der Waals surface area contributed by atoms with Gasteiger partial charge < -0.3 is 15.4 Å². The predicted octanol–water partition coefficient (Wildman–Crippen LogP) is 3.50. The van der Waals surface area contributed by atoms with Crippen LogP contribution in [0.1, 0.15) is 49.7 Å². The van der Waals surface area contributed by atoms with Crippen LogP contribution in [0.25, 0.3) is 5.82 Å². The highest BCUT2D eigenvalue weighted by molar-refractivity contribution is 6.08. The van der Waals surface area contributed by atoms with Crippen molar-refractivity contribution in [3.05, 3.63) is 70.2 Å². The van der Waals surface area contributed by atoms with Crippen LogP contribution in [0, 0.1) is 11.3 Å². The zero-order valence-electron chi connectivity index (χ0n) is 20.3. The molecule has 2 aromatic heterocycles. The van der Waals surface area contributed by atoms with Crippen LogP contribution >= 0.6 is 0 Å². The second-order valence-electron chi connectivity index (χ2n) is 9.33. The number of nitrogens with one attached hydrogen (secondary N) is 2. The molecular formula is C25H18F6N6O3. The minimum atomic E-state index is -4.71. The normalized spacial score (nSPS) is 18.1. The molecule has 0 radical (unpaired) electrons. The molecule has 9 nitrogen and oxygen atoms in total. The summed E-state index contributed by atoms with van der Waals surface area (Å²) >= 11 is 0. The van der Waals surface area contributed by atoms with E-state index < -0.39 is 48.6 Å². The van der Waals surface area contributed by atoms with Crippen LogP contribution < -0.4 is 15.4 Å². The number of rotatable bonds is 5. The predicted molar refractivity (Wildman–Crippen MR) is 124 cm³/mol. The van der Waals surface area contributed by atoms with Crippen LogP contribution in [0.3, 0.4) is 0 Å². The number of benzene rings is 1. The van der Waals surface area contributed by atoms with Gasteiger partial charge in [0, 0.05) is 12.6 Å². The summed E-state index contributed by atoms with van der Waals surface area (Å²) in [5.74, 6) is -1.97. The van der Waals surface area contributed by atoms with Gasteiger partial charge in [0.1, 0.15) is 24.1 Å². The van der Waals surface area contributed by atoms with Crippen LogP contribution in [0.15, 0.2) is 36.5 Å². The van der Waals surface area contributed by atoms with E-state index in [4.69, 9.17) is 10.00 Å². The Kier molecular flexibility index (Phi) is 6.43. The SMILES string of the molecule is N#Cc1ccc(-n2nc3c(c2C(=O)NCC(F)(F)F)C(=O)N[C@@]2(CCc4cc(OCC(F)(F)F)ccc42)C3)nc1. The molecule has 3 heterocycles. The molecule has 40 heavy (non-hydrogen) atoms. The molecule has 0 saturated heterocycles. The van der Waals surface area contributed by atoms with Crippen molar-refractivity contribution in [1.29, 1.82) is 5.26 Å². The van der Waals surface area contributed by atoms with Gasteiger partial charge in [-0.1, -0.05) is 6.07 Å². The third-order valence-corrected chi connectivity index (χ3v) is 6.58. The van der Waals surface area contributed by atoms with E-state index in [0.717, 1.165) is 4.68 Å². The largest absolute Gasteiger partial charge is 0.484 e. The molecule has 2 aliphatic rings. The molecule has 0 unspecified atom stereocenters. The van der Waals surface area contributed by atoms with Crippen molar-refractivity contribution in [2.45, 2.75) is 37.2 Å². The highest BCUT2D eigenvalue weighted by Crippen LogP contribution is 2.44. The van der Waals surface area contributed by atoms with Crippen LogP contribution in [0.4, 0.5) is 26.3 Å². The topological polar surface area (TPSA) is 122 Å². The van der Waals surface area contributed by atoms with E-state index in [0.29, 0.717) is 24.0 Å². The maximum absolute atomic E-state index is 13.4. The quantitative estimate of drug-likeness (QED) is 0.458. The second-order valence-corrected chi connectivity index (χ2v) is 9.33. The number of nitriles is 1. The van der Waals surface area contributed by atoms with Crippen molar-refractivity contribution in [3.63, 3.8) is 0 Å². The lowest BCUT2D eigenvalue weighted by molar-refractivity contribution is -0.153. The fourth-order valence-corrected chi connectivity index (χ4v) is 4.95. The number of ether oxygens (including phenoxy) is 1. The van der Waals surface area contributed by atoms with E-state index in [2.05, 4.69) is 15.4 Å². The Hall–Kier alpha value is -4.61. The standard InChI is InChI=1S/C25H18F6N6O3/c26-24(27,28)11-34-22(39)20-19-17(36-37(20)18-4-1-13(9-32)10-33-18)8-23(35-21(19)38)6-5-14-7-15(2-3-16(14)23)40-12-25(29,30)31/h1-4,7,10H,5-6,8,11-12H2,(H,34,39)(H,35,38)/t23-/m0/s1. The number of pyridine rings is 1. The molecule has 5 rings (SSSR count). The molecule has 208 valence electrons. The van der Waals surface area contributed by atoms with Crippen LogP contribution in [-0.4, -0.2) is 52.1 Å². The Bertz CT molecular complexity index is 1540. The van der Waals surface area contributed by atoms with Gasteiger partial charge in [0.05, 0.1) is 22.4 Å². The molecule has 2 amide bonds. The minimum absolute atomic E-state index is 0.00862. The first kappa shape index (κ1) is 27.0. The van der Waals surface area contributed by atoms with Gasteiger partial charge in [0.25, 0.3) is 11.8 Å². The Balaban J connectivity index is 1.53. The summed E-state index contributed by atoms with van der Waals surface area (Å²) in [4.78, 5) is 30.4. The van der Waals surface area contributed by atoms with Crippen LogP contribution in [0.2, 0.25) is 0 Å². The molecule has 3 aromatic rings. The molecule has 0 saturated carbocycles. The first-order valence-corrected chi connectivity index (χ1v) is 11.8. The first-order chi connectivity index (χ1) is 18.8. The van der Waals surface area contributed by atoms with E-state index in [9.17, 15) is 35.9 Å². The van der Waals surface area contributed by atoms with Crippen molar-refractivity contribution >= 4 is 11.8 Å². The average molecular weight is 564 g/mol. The van der Waals surface area contributed by atoms with Gasteiger partial charge in [-0.25, -0.2) is 9.67 Å². The second kappa shape index (κ2) is 9.54. The molecule has 1 aliphatic heterocycles. The average Bonchev–Trinajstić information content (AvgIpc) is 3.44. The van der Waals surface area contributed by atoms with Crippen molar-refractivity contribution in [3.8, 4) is 17.6 Å². The number of halogens is 6. The fraction of sp³-hybridized carbons (Fsp3) is 0.320. The molecule has 1 atom stereocenters. The van der Waals surface area contributed by atoms with Gasteiger partial charge in [-0.2, -0.15) is 36.7 Å². The summed E-state index contributed by atoms with van der Waals surface area (Å²) in [6.45, 7) is -3.11. The van der Waals surface area contributed by atoms with E-state index in [-0.39, 0.29) is 34.8 Å². The lowest BCUT2D eigenvalue weighted by atomic mass is 9.82. The lowest BCUT2D eigenvalue weighted by Gasteiger charge is -2.35. The molecule has 1 aromatic carbocycles. The van der Waals surface area contributed by atoms with Gasteiger partial charge >= 0.3 is 12.4 Å². The summed E-state index contributed by atoms with van der Waals surface area (Å²) in [6.07, 6.45) is -7.25. The summed E-state index contributed by atoms with van der Waals surface area (Å²) in [5, 5.41) is 18.0. The third kappa shape index (κ3) is 5.16. The highest BCUT2D eigenvalue weighted by atomic mass is 19.4. The van der Waals surface area contributed by atoms with Gasteiger partial charge in [-0.15, -0.1) is 0 Å². The summed E-state index contributed by atoms with van der Waals surface area (Å²) < 4.78 is 82.0. The zero-order chi connectivity index (χ0) is 28.9. The molecule has 0 bridgehead atoms. The molecule has 1 spiro atoms. The molecule has 15 heteroatoms. The summed E-state index contributed by atoms with van der Waals surface area (Å²) in [5.41, 5.74) is -0.120. The number of aryl methyl sites for hydroxylation is 1. The molecular weight excluding hydrogens is 546 g/mol. The maximum atomic E-state index is 13.4. The number of hydrogen-bond donors (Lipinski definition) is 2. The van der Waals surface area contributed by atoms with Crippen molar-refractivity contribution < 1.29 is 40.7 Å². The van der Waals surface area contributed by atoms with Gasteiger partial charge in [-0.3, -0.25) is 9.59 Å². The third-order valence-electron chi connectivity index (χ3n) is 6.58. The van der Waals surface area contributed by atoms with Crippen LogP contribution in [0.5, 0.6) is 5.75 Å². The van der Waals surface area contributed by atoms with Crippen molar-refractivity contribution in [1.82, 2.24) is 25.4 Å². The number of carbonyl (C=O) groups is 2.